The molecule has 0 unspecified atom stereocenters. The molecule has 0 saturated heterocycles. The Morgan fingerprint density at radius 3 is 2.66 bits per heavy atom. The van der Waals surface area contributed by atoms with Gasteiger partial charge < -0.3 is 15.5 Å². The SMILES string of the molecule is Cc1ccc(Cl)cc1CN1CCNc2ncc(-c3ccc(C(=O)NCc4ccncc4)cc3)cc21. The second-order valence-electron chi connectivity index (χ2n) is 8.63. The van der Waals surface area contributed by atoms with Crippen molar-refractivity contribution < 1.29 is 4.79 Å². The lowest BCUT2D eigenvalue weighted by molar-refractivity contribution is 0.0951. The first-order chi connectivity index (χ1) is 17.1. The maximum atomic E-state index is 12.6. The molecule has 1 aliphatic heterocycles. The Bertz CT molecular complexity index is 1340. The van der Waals surface area contributed by atoms with Gasteiger partial charge in [-0.15, -0.1) is 0 Å². The average Bonchev–Trinajstić information content (AvgIpc) is 2.90. The minimum atomic E-state index is -0.107. The van der Waals surface area contributed by atoms with Crippen molar-refractivity contribution in [1.29, 1.82) is 0 Å². The molecular formula is C28H26ClN5O. The third-order valence-corrected chi connectivity index (χ3v) is 6.47. The number of carbonyl (C=O) groups excluding carboxylic acids is 1. The highest BCUT2D eigenvalue weighted by Gasteiger charge is 2.20. The summed E-state index contributed by atoms with van der Waals surface area (Å²) in [5.74, 6) is 0.774. The lowest BCUT2D eigenvalue weighted by Crippen LogP contribution is -2.34. The highest BCUT2D eigenvalue weighted by atomic mass is 35.5. The zero-order chi connectivity index (χ0) is 24.2. The number of benzene rings is 2. The molecule has 0 radical (unpaired) electrons. The van der Waals surface area contributed by atoms with Gasteiger partial charge in [-0.25, -0.2) is 4.98 Å². The van der Waals surface area contributed by atoms with Gasteiger partial charge in [0.25, 0.3) is 5.91 Å². The number of rotatable bonds is 6. The number of carbonyl (C=O) groups is 1. The van der Waals surface area contributed by atoms with Gasteiger partial charge in [0.2, 0.25) is 0 Å². The number of hydrogen-bond acceptors (Lipinski definition) is 5. The zero-order valence-electron chi connectivity index (χ0n) is 19.5. The summed E-state index contributed by atoms with van der Waals surface area (Å²) in [5.41, 5.74) is 7.13. The number of aromatic nitrogens is 2. The van der Waals surface area contributed by atoms with E-state index in [-0.39, 0.29) is 5.91 Å². The quantitative estimate of drug-likeness (QED) is 0.380. The molecule has 5 rings (SSSR count). The van der Waals surface area contributed by atoms with Gasteiger partial charge in [-0.1, -0.05) is 29.8 Å². The van der Waals surface area contributed by atoms with Gasteiger partial charge >= 0.3 is 0 Å². The third-order valence-electron chi connectivity index (χ3n) is 6.24. The lowest BCUT2D eigenvalue weighted by Gasteiger charge is -2.32. The molecule has 0 spiro atoms. The van der Waals surface area contributed by atoms with Crippen LogP contribution >= 0.6 is 11.6 Å². The molecule has 0 fully saturated rings. The number of aryl methyl sites for hydroxylation is 1. The monoisotopic (exact) mass is 483 g/mol. The van der Waals surface area contributed by atoms with Gasteiger partial charge in [0.15, 0.2) is 0 Å². The van der Waals surface area contributed by atoms with Crippen LogP contribution in [-0.4, -0.2) is 29.0 Å². The van der Waals surface area contributed by atoms with Crippen LogP contribution in [0.3, 0.4) is 0 Å². The van der Waals surface area contributed by atoms with Crippen LogP contribution in [0.15, 0.2) is 79.3 Å². The molecule has 0 saturated carbocycles. The van der Waals surface area contributed by atoms with Crippen molar-refractivity contribution in [1.82, 2.24) is 15.3 Å². The molecule has 35 heavy (non-hydrogen) atoms. The van der Waals surface area contributed by atoms with E-state index in [2.05, 4.69) is 44.6 Å². The van der Waals surface area contributed by atoms with Crippen LogP contribution in [0.4, 0.5) is 11.5 Å². The van der Waals surface area contributed by atoms with Crippen molar-refractivity contribution in [2.24, 2.45) is 0 Å². The fourth-order valence-corrected chi connectivity index (χ4v) is 4.39. The van der Waals surface area contributed by atoms with E-state index in [0.29, 0.717) is 12.1 Å². The summed E-state index contributed by atoms with van der Waals surface area (Å²) in [6.45, 7) is 5.05. The van der Waals surface area contributed by atoms with Gasteiger partial charge in [0.1, 0.15) is 5.82 Å². The summed E-state index contributed by atoms with van der Waals surface area (Å²) in [7, 11) is 0. The van der Waals surface area contributed by atoms with Gasteiger partial charge in [-0.3, -0.25) is 9.78 Å². The van der Waals surface area contributed by atoms with E-state index in [1.165, 1.54) is 11.1 Å². The van der Waals surface area contributed by atoms with E-state index in [1.807, 2.05) is 54.7 Å². The highest BCUT2D eigenvalue weighted by molar-refractivity contribution is 6.30. The van der Waals surface area contributed by atoms with E-state index in [4.69, 9.17) is 11.6 Å². The van der Waals surface area contributed by atoms with E-state index < -0.39 is 0 Å². The standard InChI is InChI=1S/C28H26ClN5O/c1-19-2-7-25(29)14-24(19)18-34-13-12-31-27-26(34)15-23(17-32-27)21-3-5-22(6-4-21)28(35)33-16-20-8-10-30-11-9-20/h2-11,14-15,17H,12-13,16,18H2,1H3,(H,31,32)(H,33,35). The van der Waals surface area contributed by atoms with Crippen molar-refractivity contribution in [3.63, 3.8) is 0 Å². The Labute approximate surface area is 210 Å². The van der Waals surface area contributed by atoms with Gasteiger partial charge in [0.05, 0.1) is 5.69 Å². The molecule has 176 valence electrons. The first-order valence-corrected chi connectivity index (χ1v) is 12.0. The number of nitrogens with one attached hydrogen (secondary N) is 2. The molecular weight excluding hydrogens is 458 g/mol. The third kappa shape index (κ3) is 5.28. The number of fused-ring (bicyclic) bond motifs is 1. The minimum absolute atomic E-state index is 0.107. The van der Waals surface area contributed by atoms with E-state index in [1.54, 1.807) is 12.4 Å². The molecule has 0 aliphatic carbocycles. The van der Waals surface area contributed by atoms with Crippen molar-refractivity contribution in [2.75, 3.05) is 23.3 Å². The fourth-order valence-electron chi connectivity index (χ4n) is 4.20. The highest BCUT2D eigenvalue weighted by Crippen LogP contribution is 2.33. The average molecular weight is 484 g/mol. The Morgan fingerprint density at radius 2 is 1.86 bits per heavy atom. The van der Waals surface area contributed by atoms with Crippen LogP contribution in [-0.2, 0) is 13.1 Å². The number of nitrogens with zero attached hydrogens (tertiary/aromatic N) is 3. The van der Waals surface area contributed by atoms with Crippen molar-refractivity contribution in [3.8, 4) is 11.1 Å². The zero-order valence-corrected chi connectivity index (χ0v) is 20.2. The Morgan fingerprint density at radius 1 is 1.06 bits per heavy atom. The van der Waals surface area contributed by atoms with Crippen LogP contribution in [0.25, 0.3) is 11.1 Å². The number of amides is 1. The first kappa shape index (κ1) is 22.9. The van der Waals surface area contributed by atoms with Crippen LogP contribution in [0.5, 0.6) is 0 Å². The fraction of sp³-hybridized carbons (Fsp3) is 0.179. The van der Waals surface area contributed by atoms with E-state index in [0.717, 1.165) is 52.9 Å². The molecule has 0 atom stereocenters. The minimum Gasteiger partial charge on any atom is -0.367 e. The van der Waals surface area contributed by atoms with Crippen LogP contribution in [0, 0.1) is 6.92 Å². The van der Waals surface area contributed by atoms with Gasteiger partial charge in [-0.2, -0.15) is 0 Å². The Balaban J connectivity index is 1.33. The second kappa shape index (κ2) is 10.2. The lowest BCUT2D eigenvalue weighted by atomic mass is 10.0. The van der Waals surface area contributed by atoms with Crippen molar-refractivity contribution in [3.05, 3.63) is 107 Å². The summed E-state index contributed by atoms with van der Waals surface area (Å²) < 4.78 is 0. The first-order valence-electron chi connectivity index (χ1n) is 11.6. The molecule has 7 heteroatoms. The molecule has 2 N–H and O–H groups in total. The summed E-state index contributed by atoms with van der Waals surface area (Å²) in [6.07, 6.45) is 5.31. The summed E-state index contributed by atoms with van der Waals surface area (Å²) in [5, 5.41) is 7.10. The predicted molar refractivity (Wildman–Crippen MR) is 141 cm³/mol. The molecule has 0 bridgehead atoms. The van der Waals surface area contributed by atoms with Crippen molar-refractivity contribution in [2.45, 2.75) is 20.0 Å². The van der Waals surface area contributed by atoms with E-state index >= 15 is 0 Å². The largest absolute Gasteiger partial charge is 0.367 e. The molecule has 4 aromatic rings. The van der Waals surface area contributed by atoms with Crippen molar-refractivity contribution >= 4 is 29.0 Å². The predicted octanol–water partition coefficient (Wildman–Crippen LogP) is 5.47. The normalized spacial score (nSPS) is 12.6. The second-order valence-corrected chi connectivity index (χ2v) is 9.06. The molecule has 1 aliphatic rings. The molecule has 6 nitrogen and oxygen atoms in total. The molecule has 3 heterocycles. The molecule has 2 aromatic heterocycles. The number of halogens is 1. The van der Waals surface area contributed by atoms with Crippen LogP contribution in [0.1, 0.15) is 27.0 Å². The maximum absolute atomic E-state index is 12.6. The maximum Gasteiger partial charge on any atom is 0.251 e. The number of hydrogen-bond donors (Lipinski definition) is 2. The summed E-state index contributed by atoms with van der Waals surface area (Å²) in [6, 6.07) is 19.6. The summed E-state index contributed by atoms with van der Waals surface area (Å²) >= 11 is 6.25. The summed E-state index contributed by atoms with van der Waals surface area (Å²) in [4.78, 5) is 23.6. The topological polar surface area (TPSA) is 70.2 Å². The van der Waals surface area contributed by atoms with Gasteiger partial charge in [-0.05, 0) is 71.6 Å². The Hall–Kier alpha value is -3.90. The van der Waals surface area contributed by atoms with Crippen LogP contribution in [0.2, 0.25) is 5.02 Å². The molecule has 2 aromatic carbocycles. The molecule has 1 amide bonds. The number of pyridine rings is 2. The number of anilines is 2. The van der Waals surface area contributed by atoms with Crippen LogP contribution < -0.4 is 15.5 Å². The van der Waals surface area contributed by atoms with E-state index in [9.17, 15) is 4.79 Å². The van der Waals surface area contributed by atoms with Gasteiger partial charge in [0, 0.05) is 60.9 Å². The Kier molecular flexibility index (Phi) is 6.64. The smallest absolute Gasteiger partial charge is 0.251 e.